The number of halogens is 3. The van der Waals surface area contributed by atoms with Crippen LogP contribution in [-0.4, -0.2) is 5.11 Å². The van der Waals surface area contributed by atoms with Crippen molar-refractivity contribution in [2.24, 2.45) is 0 Å². The molecule has 0 atom stereocenters. The Morgan fingerprint density at radius 3 is 2.36 bits per heavy atom. The van der Waals surface area contributed by atoms with Crippen molar-refractivity contribution in [1.29, 1.82) is 5.26 Å². The molecule has 22 heavy (non-hydrogen) atoms. The van der Waals surface area contributed by atoms with Crippen LogP contribution in [0.15, 0.2) is 55.9 Å². The lowest BCUT2D eigenvalue weighted by Crippen LogP contribution is -1.91. The van der Waals surface area contributed by atoms with Crippen molar-refractivity contribution < 1.29 is 5.11 Å². The Balaban J connectivity index is 2.51. The van der Waals surface area contributed by atoms with Gasteiger partial charge in [0.15, 0.2) is 0 Å². The van der Waals surface area contributed by atoms with E-state index in [9.17, 15) is 10.4 Å². The normalized spacial score (nSPS) is 10.6. The van der Waals surface area contributed by atoms with Crippen LogP contribution in [0.1, 0.15) is 5.56 Å². The van der Waals surface area contributed by atoms with E-state index in [4.69, 9.17) is 0 Å². The Morgan fingerprint density at radius 2 is 1.64 bits per heavy atom. The van der Waals surface area contributed by atoms with E-state index in [0.717, 1.165) is 26.4 Å². The summed E-state index contributed by atoms with van der Waals surface area (Å²) in [4.78, 5) is 0. The predicted octanol–water partition coefficient (Wildman–Crippen LogP) is 6.37. The number of phenols is 1. The minimum absolute atomic E-state index is 0.107. The number of nitrogens with zero attached hydrogens (tertiary/aromatic N) is 1. The summed E-state index contributed by atoms with van der Waals surface area (Å²) < 4.78 is 1.91. The lowest BCUT2D eigenvalue weighted by Gasteiger charge is -2.15. The number of benzene rings is 3. The summed E-state index contributed by atoms with van der Waals surface area (Å²) in [5, 5.41) is 21.7. The highest BCUT2D eigenvalue weighted by Gasteiger charge is 2.19. The van der Waals surface area contributed by atoms with Crippen LogP contribution in [0.25, 0.3) is 21.9 Å². The summed E-state index contributed by atoms with van der Waals surface area (Å²) >= 11 is 10.3. The summed E-state index contributed by atoms with van der Waals surface area (Å²) in [6.45, 7) is 0. The summed E-state index contributed by atoms with van der Waals surface area (Å²) in [6, 6.07) is 15.6. The van der Waals surface area contributed by atoms with E-state index in [1.54, 1.807) is 12.1 Å². The third-order valence-electron chi connectivity index (χ3n) is 3.45. The van der Waals surface area contributed by atoms with Crippen LogP contribution < -0.4 is 0 Å². The number of fused-ring (bicyclic) bond motifs is 1. The maximum Gasteiger partial charge on any atom is 0.144 e. The van der Waals surface area contributed by atoms with Gasteiger partial charge < -0.3 is 5.11 Å². The number of hydrogen-bond acceptors (Lipinski definition) is 2. The molecule has 3 aromatic carbocycles. The van der Waals surface area contributed by atoms with Gasteiger partial charge in [-0.05, 0) is 54.8 Å². The second kappa shape index (κ2) is 6.04. The van der Waals surface area contributed by atoms with E-state index >= 15 is 0 Å². The first-order valence-corrected chi connectivity index (χ1v) is 8.71. The van der Waals surface area contributed by atoms with Crippen molar-refractivity contribution in [2.45, 2.75) is 0 Å². The number of phenolic OH excluding ortho intramolecular Hbond substituents is 1. The molecule has 2 nitrogen and oxygen atoms in total. The standard InChI is InChI=1S/C17H8Br3NO/c18-12-7-13(19)17(22)16(20)15(12)14-10(8-21)6-5-9-3-1-2-4-11(9)14/h1-7,22H. The number of nitriles is 1. The van der Waals surface area contributed by atoms with E-state index < -0.39 is 0 Å². The molecule has 3 aromatic rings. The highest BCUT2D eigenvalue weighted by molar-refractivity contribution is 9.11. The average molecular weight is 482 g/mol. The molecule has 0 aliphatic heterocycles. The van der Waals surface area contributed by atoms with Gasteiger partial charge in [0, 0.05) is 15.6 Å². The lowest BCUT2D eigenvalue weighted by atomic mass is 9.93. The third kappa shape index (κ3) is 2.45. The maximum absolute atomic E-state index is 10.2. The fraction of sp³-hybridized carbons (Fsp3) is 0. The smallest absolute Gasteiger partial charge is 0.144 e. The van der Waals surface area contributed by atoms with Gasteiger partial charge >= 0.3 is 0 Å². The van der Waals surface area contributed by atoms with Gasteiger partial charge in [-0.1, -0.05) is 46.3 Å². The molecule has 0 saturated carbocycles. The second-order valence-electron chi connectivity index (χ2n) is 4.70. The Bertz CT molecular complexity index is 945. The summed E-state index contributed by atoms with van der Waals surface area (Å²) in [7, 11) is 0. The van der Waals surface area contributed by atoms with Gasteiger partial charge in [0.05, 0.1) is 20.6 Å². The molecular formula is C17H8Br3NO. The monoisotopic (exact) mass is 479 g/mol. The molecule has 0 radical (unpaired) electrons. The van der Waals surface area contributed by atoms with E-state index in [0.29, 0.717) is 14.5 Å². The molecule has 1 N–H and O–H groups in total. The molecule has 0 spiro atoms. The van der Waals surface area contributed by atoms with Gasteiger partial charge in [0.25, 0.3) is 0 Å². The van der Waals surface area contributed by atoms with Crippen molar-refractivity contribution in [2.75, 3.05) is 0 Å². The van der Waals surface area contributed by atoms with Crippen molar-refractivity contribution >= 4 is 58.6 Å². The van der Waals surface area contributed by atoms with Gasteiger partial charge in [-0.25, -0.2) is 0 Å². The van der Waals surface area contributed by atoms with Crippen LogP contribution >= 0.6 is 47.8 Å². The zero-order chi connectivity index (χ0) is 15.9. The lowest BCUT2D eigenvalue weighted by molar-refractivity contribution is 0.468. The quantitative estimate of drug-likeness (QED) is 0.438. The Morgan fingerprint density at radius 1 is 0.909 bits per heavy atom. The van der Waals surface area contributed by atoms with Gasteiger partial charge in [-0.15, -0.1) is 0 Å². The first-order valence-electron chi connectivity index (χ1n) is 6.33. The van der Waals surface area contributed by atoms with Crippen LogP contribution in [-0.2, 0) is 0 Å². The van der Waals surface area contributed by atoms with Crippen molar-refractivity contribution in [3.8, 4) is 22.9 Å². The van der Waals surface area contributed by atoms with Crippen molar-refractivity contribution in [3.63, 3.8) is 0 Å². The molecule has 3 rings (SSSR count). The van der Waals surface area contributed by atoms with Crippen molar-refractivity contribution in [3.05, 3.63) is 61.4 Å². The average Bonchev–Trinajstić information content (AvgIpc) is 2.53. The molecule has 0 unspecified atom stereocenters. The molecule has 0 heterocycles. The molecule has 0 aliphatic rings. The molecule has 0 saturated heterocycles. The Kier molecular flexibility index (Phi) is 4.26. The zero-order valence-electron chi connectivity index (χ0n) is 11.1. The number of aromatic hydroxyl groups is 1. The zero-order valence-corrected chi connectivity index (χ0v) is 15.8. The van der Waals surface area contributed by atoms with E-state index in [1.807, 2.05) is 30.3 Å². The largest absolute Gasteiger partial charge is 0.506 e. The SMILES string of the molecule is N#Cc1ccc2ccccc2c1-c1c(Br)cc(Br)c(O)c1Br. The molecule has 0 amide bonds. The highest BCUT2D eigenvalue weighted by atomic mass is 79.9. The molecule has 0 fully saturated rings. The third-order valence-corrected chi connectivity index (χ3v) is 5.45. The first kappa shape index (κ1) is 15.5. The van der Waals surface area contributed by atoms with E-state index in [1.165, 1.54) is 0 Å². The fourth-order valence-corrected chi connectivity index (χ4v) is 4.96. The molecule has 0 bridgehead atoms. The molecule has 5 heteroatoms. The van der Waals surface area contributed by atoms with Crippen molar-refractivity contribution in [1.82, 2.24) is 0 Å². The molecule has 0 aromatic heterocycles. The van der Waals surface area contributed by atoms with Gasteiger partial charge in [0.2, 0.25) is 0 Å². The Hall–Kier alpha value is -1.35. The topological polar surface area (TPSA) is 44.0 Å². The van der Waals surface area contributed by atoms with Crippen LogP contribution in [0.5, 0.6) is 5.75 Å². The van der Waals surface area contributed by atoms with Crippen LogP contribution in [0.2, 0.25) is 0 Å². The first-order chi connectivity index (χ1) is 10.5. The second-order valence-corrected chi connectivity index (χ2v) is 7.20. The predicted molar refractivity (Wildman–Crippen MR) is 98.9 cm³/mol. The maximum atomic E-state index is 10.2. The number of rotatable bonds is 1. The summed E-state index contributed by atoms with van der Waals surface area (Å²) in [6.07, 6.45) is 0. The Labute approximate surface area is 152 Å². The van der Waals surface area contributed by atoms with Crippen LogP contribution in [0.4, 0.5) is 0 Å². The molecule has 108 valence electrons. The summed E-state index contributed by atoms with van der Waals surface area (Å²) in [5.41, 5.74) is 2.11. The van der Waals surface area contributed by atoms with Crippen LogP contribution in [0.3, 0.4) is 0 Å². The van der Waals surface area contributed by atoms with E-state index in [-0.39, 0.29) is 5.75 Å². The highest BCUT2D eigenvalue weighted by Crippen LogP contribution is 2.47. The number of hydrogen-bond donors (Lipinski definition) is 1. The minimum Gasteiger partial charge on any atom is -0.506 e. The van der Waals surface area contributed by atoms with Crippen LogP contribution in [0, 0.1) is 11.3 Å². The van der Waals surface area contributed by atoms with Gasteiger partial charge in [0.1, 0.15) is 5.75 Å². The van der Waals surface area contributed by atoms with E-state index in [2.05, 4.69) is 53.9 Å². The minimum atomic E-state index is 0.107. The summed E-state index contributed by atoms with van der Waals surface area (Å²) in [5.74, 6) is 0.107. The van der Waals surface area contributed by atoms with Gasteiger partial charge in [-0.2, -0.15) is 5.26 Å². The van der Waals surface area contributed by atoms with Gasteiger partial charge in [-0.3, -0.25) is 0 Å². The molecule has 0 aliphatic carbocycles. The molecular weight excluding hydrogens is 474 g/mol. The fourth-order valence-electron chi connectivity index (χ4n) is 2.44.